The van der Waals surface area contributed by atoms with Crippen molar-refractivity contribution in [2.45, 2.75) is 51.6 Å². The molecule has 3 fully saturated rings. The fourth-order valence-electron chi connectivity index (χ4n) is 5.06. The number of carbonyl (C=O) groups excluding carboxylic acids is 1. The van der Waals surface area contributed by atoms with Crippen LogP contribution in [-0.2, 0) is 11.3 Å². The zero-order valence-corrected chi connectivity index (χ0v) is 22.5. The number of anilines is 1. The average molecular weight is 570 g/mol. The van der Waals surface area contributed by atoms with Crippen molar-refractivity contribution >= 4 is 41.7 Å². The molecule has 0 bridgehead atoms. The Morgan fingerprint density at radius 3 is 2.33 bits per heavy atom. The molecule has 0 aliphatic carbocycles. The van der Waals surface area contributed by atoms with E-state index < -0.39 is 0 Å². The number of piperidine rings is 1. The first kappa shape index (κ1) is 26.0. The first-order valence-corrected chi connectivity index (χ1v) is 12.3. The number of likely N-dealkylation sites (tertiary alicyclic amines) is 1. The van der Waals surface area contributed by atoms with E-state index in [4.69, 9.17) is 0 Å². The largest absolute Gasteiger partial charge is 0.357 e. The fraction of sp³-hybridized carbons (Fsp3) is 0.708. The molecule has 4 heterocycles. The lowest BCUT2D eigenvalue weighted by Crippen LogP contribution is -2.57. The van der Waals surface area contributed by atoms with Gasteiger partial charge in [0, 0.05) is 72.1 Å². The Labute approximate surface area is 215 Å². The summed E-state index contributed by atoms with van der Waals surface area (Å²) in [7, 11) is 1.85. The van der Waals surface area contributed by atoms with Gasteiger partial charge >= 0.3 is 0 Å². The molecule has 0 radical (unpaired) electrons. The Morgan fingerprint density at radius 2 is 1.67 bits per heavy atom. The van der Waals surface area contributed by atoms with Crippen LogP contribution in [0.1, 0.15) is 44.6 Å². The van der Waals surface area contributed by atoms with E-state index in [1.54, 1.807) is 0 Å². The lowest BCUT2D eigenvalue weighted by Gasteiger charge is -2.39. The molecule has 4 rings (SSSR count). The second-order valence-electron chi connectivity index (χ2n) is 9.20. The topological polar surface area (TPSA) is 67.3 Å². The number of amides is 1. The number of piperazine rings is 1. The van der Waals surface area contributed by atoms with Crippen LogP contribution in [0.5, 0.6) is 0 Å². The molecule has 3 saturated heterocycles. The molecule has 33 heavy (non-hydrogen) atoms. The fourth-order valence-corrected chi connectivity index (χ4v) is 5.06. The molecule has 0 saturated carbocycles. The van der Waals surface area contributed by atoms with E-state index in [2.05, 4.69) is 49.0 Å². The van der Waals surface area contributed by atoms with E-state index in [0.717, 1.165) is 83.5 Å². The van der Waals surface area contributed by atoms with E-state index in [1.807, 2.05) is 18.1 Å². The number of aromatic nitrogens is 1. The summed E-state index contributed by atoms with van der Waals surface area (Å²) in [5.74, 6) is 2.31. The van der Waals surface area contributed by atoms with Gasteiger partial charge in [-0.3, -0.25) is 14.7 Å². The van der Waals surface area contributed by atoms with Crippen molar-refractivity contribution in [3.8, 4) is 0 Å². The molecule has 1 atom stereocenters. The van der Waals surface area contributed by atoms with Crippen LogP contribution in [0, 0.1) is 0 Å². The van der Waals surface area contributed by atoms with Crippen LogP contribution < -0.4 is 10.2 Å². The van der Waals surface area contributed by atoms with Gasteiger partial charge in [0.15, 0.2) is 5.96 Å². The van der Waals surface area contributed by atoms with Crippen LogP contribution in [0.3, 0.4) is 0 Å². The number of nitrogens with zero attached hydrogens (tertiary/aromatic N) is 6. The molecule has 3 aliphatic rings. The van der Waals surface area contributed by atoms with Gasteiger partial charge in [-0.15, -0.1) is 24.0 Å². The van der Waals surface area contributed by atoms with Gasteiger partial charge in [-0.05, 0) is 56.7 Å². The first-order chi connectivity index (χ1) is 15.7. The quantitative estimate of drug-likeness (QED) is 0.334. The van der Waals surface area contributed by atoms with Gasteiger partial charge in [-0.2, -0.15) is 0 Å². The minimum absolute atomic E-state index is 0. The Balaban J connectivity index is 0.00000306. The molecule has 0 aromatic carbocycles. The lowest BCUT2D eigenvalue weighted by molar-refractivity contribution is -0.135. The molecule has 1 N–H and O–H groups in total. The van der Waals surface area contributed by atoms with E-state index in [-0.39, 0.29) is 30.0 Å². The van der Waals surface area contributed by atoms with E-state index in [9.17, 15) is 4.79 Å². The van der Waals surface area contributed by atoms with Crippen LogP contribution in [0.2, 0.25) is 0 Å². The number of rotatable bonds is 5. The van der Waals surface area contributed by atoms with Gasteiger partial charge in [0.25, 0.3) is 0 Å². The van der Waals surface area contributed by atoms with E-state index in [1.165, 1.54) is 24.8 Å². The zero-order chi connectivity index (χ0) is 22.3. The van der Waals surface area contributed by atoms with Gasteiger partial charge < -0.3 is 20.0 Å². The van der Waals surface area contributed by atoms with Crippen molar-refractivity contribution in [3.63, 3.8) is 0 Å². The summed E-state index contributed by atoms with van der Waals surface area (Å²) in [4.78, 5) is 30.9. The van der Waals surface area contributed by atoms with Crippen molar-refractivity contribution in [2.75, 3.05) is 64.3 Å². The Kier molecular flexibility index (Phi) is 10.0. The summed E-state index contributed by atoms with van der Waals surface area (Å²) in [5, 5.41) is 3.53. The lowest BCUT2D eigenvalue weighted by atomic mass is 10.1. The molecule has 184 valence electrons. The number of hydrogen-bond acceptors (Lipinski definition) is 5. The highest BCUT2D eigenvalue weighted by Gasteiger charge is 2.30. The highest BCUT2D eigenvalue weighted by atomic mass is 127. The smallest absolute Gasteiger partial charge is 0.239 e. The van der Waals surface area contributed by atoms with Crippen molar-refractivity contribution in [1.29, 1.82) is 0 Å². The number of nitrogens with one attached hydrogen (secondary N) is 1. The number of hydrogen-bond donors (Lipinski definition) is 1. The molecule has 1 aromatic heterocycles. The third kappa shape index (κ3) is 6.71. The summed E-state index contributed by atoms with van der Waals surface area (Å²) in [6.07, 6.45) is 8.04. The van der Waals surface area contributed by atoms with Crippen LogP contribution in [0.4, 0.5) is 5.82 Å². The van der Waals surface area contributed by atoms with Crippen LogP contribution in [-0.4, -0.2) is 97.0 Å². The molecule has 3 aliphatic heterocycles. The summed E-state index contributed by atoms with van der Waals surface area (Å²) in [6, 6.07) is 4.25. The predicted octanol–water partition coefficient (Wildman–Crippen LogP) is 2.39. The number of carbonyl (C=O) groups is 1. The number of guanidine groups is 1. The normalized spacial score (nSPS) is 21.0. The Bertz CT molecular complexity index is 785. The summed E-state index contributed by atoms with van der Waals surface area (Å²) >= 11 is 0. The minimum atomic E-state index is -0.0322. The monoisotopic (exact) mass is 569 g/mol. The number of pyridine rings is 1. The van der Waals surface area contributed by atoms with Crippen LogP contribution >= 0.6 is 24.0 Å². The standard InChI is InChI=1S/C24H39N7O.HI/c1-20(23(32)30-12-6-7-13-30)28-14-16-31(17-15-28)24(25-2)27-19-21-8-9-26-22(18-21)29-10-4-3-5-11-29;/h8-9,18,20H,3-7,10-17,19H2,1-2H3,(H,25,27);1H. The summed E-state index contributed by atoms with van der Waals surface area (Å²) < 4.78 is 0. The maximum atomic E-state index is 12.7. The molecule has 0 spiro atoms. The van der Waals surface area contributed by atoms with Crippen LogP contribution in [0.25, 0.3) is 0 Å². The third-order valence-electron chi connectivity index (χ3n) is 7.09. The van der Waals surface area contributed by atoms with E-state index in [0.29, 0.717) is 5.91 Å². The Hall–Kier alpha value is -1.62. The van der Waals surface area contributed by atoms with Gasteiger partial charge in [0.1, 0.15) is 5.82 Å². The van der Waals surface area contributed by atoms with Crippen molar-refractivity contribution in [2.24, 2.45) is 4.99 Å². The molecule has 1 unspecified atom stereocenters. The first-order valence-electron chi connectivity index (χ1n) is 12.3. The molecule has 1 aromatic rings. The maximum absolute atomic E-state index is 12.7. The molecule has 8 nitrogen and oxygen atoms in total. The molecule has 9 heteroatoms. The number of halogens is 1. The average Bonchev–Trinajstić information content (AvgIpc) is 3.40. The van der Waals surface area contributed by atoms with Gasteiger partial charge in [-0.1, -0.05) is 0 Å². The highest BCUT2D eigenvalue weighted by Crippen LogP contribution is 2.18. The van der Waals surface area contributed by atoms with Crippen molar-refractivity contribution < 1.29 is 4.79 Å². The highest BCUT2D eigenvalue weighted by molar-refractivity contribution is 14.0. The maximum Gasteiger partial charge on any atom is 0.239 e. The molecule has 1 amide bonds. The van der Waals surface area contributed by atoms with Crippen molar-refractivity contribution in [3.05, 3.63) is 23.9 Å². The molecular formula is C24H40IN7O. The number of aliphatic imine (C=N–C) groups is 1. The van der Waals surface area contributed by atoms with Gasteiger partial charge in [0.05, 0.1) is 6.04 Å². The van der Waals surface area contributed by atoms with Gasteiger partial charge in [0.2, 0.25) is 5.91 Å². The molecular weight excluding hydrogens is 529 g/mol. The zero-order valence-electron chi connectivity index (χ0n) is 20.2. The van der Waals surface area contributed by atoms with Gasteiger partial charge in [-0.25, -0.2) is 4.98 Å². The second kappa shape index (κ2) is 12.7. The second-order valence-corrected chi connectivity index (χ2v) is 9.20. The van der Waals surface area contributed by atoms with Crippen LogP contribution in [0.15, 0.2) is 23.3 Å². The Morgan fingerprint density at radius 1 is 1.00 bits per heavy atom. The minimum Gasteiger partial charge on any atom is -0.357 e. The SMILES string of the molecule is CN=C(NCc1ccnc(N2CCCCC2)c1)N1CCN(C(C)C(=O)N2CCCC2)CC1.I. The van der Waals surface area contributed by atoms with E-state index >= 15 is 0 Å². The predicted molar refractivity (Wildman–Crippen MR) is 144 cm³/mol. The summed E-state index contributed by atoms with van der Waals surface area (Å²) in [6.45, 7) is 10.4. The third-order valence-corrected chi connectivity index (χ3v) is 7.09. The summed E-state index contributed by atoms with van der Waals surface area (Å²) in [5.41, 5.74) is 1.23. The van der Waals surface area contributed by atoms with Crippen molar-refractivity contribution in [1.82, 2.24) is 25.0 Å².